The van der Waals surface area contributed by atoms with Gasteiger partial charge in [-0.1, -0.05) is 0 Å². The number of imidazole rings is 1. The number of aryl methyl sites for hydroxylation is 1. The highest BCUT2D eigenvalue weighted by atomic mass is 19.1. The van der Waals surface area contributed by atoms with E-state index in [1.165, 1.54) is 18.5 Å². The Morgan fingerprint density at radius 2 is 2.00 bits per heavy atom. The average molecular weight is 289 g/mol. The Hall–Kier alpha value is -2.63. The van der Waals surface area contributed by atoms with Crippen molar-refractivity contribution < 1.29 is 13.5 Å². The molecule has 1 heterocycles. The maximum absolute atomic E-state index is 14.1. The quantitative estimate of drug-likeness (QED) is 0.734. The summed E-state index contributed by atoms with van der Waals surface area (Å²) in [5, 5.41) is 0. The van der Waals surface area contributed by atoms with Gasteiger partial charge in [0.25, 0.3) is 0 Å². The zero-order valence-electron chi connectivity index (χ0n) is 11.5. The standard InChI is InChI=1S/C15H13F2N3O/c1-8-13(4-3-11(18)14(8)17)21-9-5-10(16)15-12(6-9)19-7-20(15)2/h3-7H,18H2,1-2H3. The van der Waals surface area contributed by atoms with Crippen molar-refractivity contribution in [2.75, 3.05) is 5.73 Å². The van der Waals surface area contributed by atoms with Crippen molar-refractivity contribution in [2.45, 2.75) is 6.92 Å². The zero-order valence-corrected chi connectivity index (χ0v) is 11.5. The highest BCUT2D eigenvalue weighted by Gasteiger charge is 2.13. The Kier molecular flexibility index (Phi) is 3.01. The van der Waals surface area contributed by atoms with Gasteiger partial charge < -0.3 is 15.0 Å². The number of hydrogen-bond acceptors (Lipinski definition) is 3. The minimum Gasteiger partial charge on any atom is -0.457 e. The van der Waals surface area contributed by atoms with E-state index in [0.29, 0.717) is 11.0 Å². The number of aromatic nitrogens is 2. The normalized spacial score (nSPS) is 11.0. The number of nitrogens with two attached hydrogens (primary N) is 1. The third kappa shape index (κ3) is 2.18. The van der Waals surface area contributed by atoms with Gasteiger partial charge in [-0.05, 0) is 19.1 Å². The lowest BCUT2D eigenvalue weighted by molar-refractivity contribution is 0.468. The molecule has 0 bridgehead atoms. The first-order valence-corrected chi connectivity index (χ1v) is 6.30. The topological polar surface area (TPSA) is 53.1 Å². The summed E-state index contributed by atoms with van der Waals surface area (Å²) in [7, 11) is 1.71. The molecule has 3 aromatic rings. The van der Waals surface area contributed by atoms with Gasteiger partial charge in [-0.25, -0.2) is 13.8 Å². The van der Waals surface area contributed by atoms with E-state index in [0.717, 1.165) is 0 Å². The lowest BCUT2D eigenvalue weighted by atomic mass is 10.2. The molecule has 0 aliphatic rings. The van der Waals surface area contributed by atoms with Crippen molar-refractivity contribution in [1.82, 2.24) is 9.55 Å². The molecule has 0 saturated heterocycles. The largest absolute Gasteiger partial charge is 0.457 e. The van der Waals surface area contributed by atoms with E-state index >= 15 is 0 Å². The molecular formula is C15H13F2N3O. The zero-order chi connectivity index (χ0) is 15.1. The van der Waals surface area contributed by atoms with E-state index in [9.17, 15) is 8.78 Å². The molecule has 0 saturated carbocycles. The number of halogens is 2. The molecule has 0 atom stereocenters. The second kappa shape index (κ2) is 4.73. The molecule has 0 unspecified atom stereocenters. The van der Waals surface area contributed by atoms with Crippen LogP contribution in [-0.2, 0) is 7.05 Å². The van der Waals surface area contributed by atoms with Gasteiger partial charge in [0.05, 0.1) is 17.5 Å². The maximum Gasteiger partial charge on any atom is 0.152 e. The number of nitrogens with zero attached hydrogens (tertiary/aromatic N) is 2. The molecule has 4 nitrogen and oxygen atoms in total. The molecule has 0 aliphatic carbocycles. The number of ether oxygens (including phenoxy) is 1. The predicted octanol–water partition coefficient (Wildman–Crippen LogP) is 3.53. The Morgan fingerprint density at radius 1 is 1.24 bits per heavy atom. The number of benzene rings is 2. The number of hydrogen-bond donors (Lipinski definition) is 1. The van der Waals surface area contributed by atoms with Crippen molar-refractivity contribution in [1.29, 1.82) is 0 Å². The number of rotatable bonds is 2. The molecule has 0 spiro atoms. The molecule has 1 aromatic heterocycles. The van der Waals surface area contributed by atoms with Gasteiger partial charge in [0.2, 0.25) is 0 Å². The van der Waals surface area contributed by atoms with E-state index in [2.05, 4.69) is 4.98 Å². The molecule has 0 radical (unpaired) electrons. The molecular weight excluding hydrogens is 276 g/mol. The van der Waals surface area contributed by atoms with Crippen LogP contribution in [0.5, 0.6) is 11.5 Å². The van der Waals surface area contributed by atoms with Gasteiger partial charge in [0.15, 0.2) is 11.6 Å². The SMILES string of the molecule is Cc1c(Oc2cc(F)c3c(c2)ncn3C)ccc(N)c1F. The summed E-state index contributed by atoms with van der Waals surface area (Å²) < 4.78 is 34.9. The summed E-state index contributed by atoms with van der Waals surface area (Å²) in [4.78, 5) is 4.08. The minimum atomic E-state index is -0.535. The van der Waals surface area contributed by atoms with Crippen LogP contribution in [0.4, 0.5) is 14.5 Å². The van der Waals surface area contributed by atoms with Crippen molar-refractivity contribution >= 4 is 16.7 Å². The Morgan fingerprint density at radius 3 is 2.76 bits per heavy atom. The van der Waals surface area contributed by atoms with Crippen LogP contribution >= 0.6 is 0 Å². The van der Waals surface area contributed by atoms with E-state index < -0.39 is 11.6 Å². The van der Waals surface area contributed by atoms with Crippen molar-refractivity contribution in [3.63, 3.8) is 0 Å². The predicted molar refractivity (Wildman–Crippen MR) is 76.3 cm³/mol. The third-order valence-corrected chi connectivity index (χ3v) is 3.33. The minimum absolute atomic E-state index is 0.0474. The molecule has 2 aromatic carbocycles. The molecule has 2 N–H and O–H groups in total. The van der Waals surface area contributed by atoms with Gasteiger partial charge in [-0.3, -0.25) is 0 Å². The fourth-order valence-corrected chi connectivity index (χ4v) is 2.20. The Labute approximate surface area is 119 Å². The van der Waals surface area contributed by atoms with Crippen LogP contribution in [0.15, 0.2) is 30.6 Å². The molecule has 108 valence electrons. The lowest BCUT2D eigenvalue weighted by Gasteiger charge is -2.11. The second-order valence-corrected chi connectivity index (χ2v) is 4.82. The fourth-order valence-electron chi connectivity index (χ4n) is 2.20. The van der Waals surface area contributed by atoms with E-state index in [4.69, 9.17) is 10.5 Å². The molecule has 3 rings (SSSR count). The number of anilines is 1. The maximum atomic E-state index is 14.1. The van der Waals surface area contributed by atoms with Crippen LogP contribution in [-0.4, -0.2) is 9.55 Å². The summed E-state index contributed by atoms with van der Waals surface area (Å²) in [5.74, 6) is -0.440. The average Bonchev–Trinajstić information content (AvgIpc) is 2.81. The molecule has 21 heavy (non-hydrogen) atoms. The third-order valence-electron chi connectivity index (χ3n) is 3.33. The first-order chi connectivity index (χ1) is 9.97. The van der Waals surface area contributed by atoms with Crippen LogP contribution in [0.3, 0.4) is 0 Å². The molecule has 6 heteroatoms. The van der Waals surface area contributed by atoms with E-state index in [1.807, 2.05) is 0 Å². The second-order valence-electron chi connectivity index (χ2n) is 4.82. The molecule has 0 aliphatic heterocycles. The highest BCUT2D eigenvalue weighted by molar-refractivity contribution is 5.77. The van der Waals surface area contributed by atoms with Crippen LogP contribution in [0, 0.1) is 18.6 Å². The van der Waals surface area contributed by atoms with Crippen LogP contribution in [0.2, 0.25) is 0 Å². The first kappa shape index (κ1) is 13.4. The number of nitrogen functional groups attached to an aromatic ring is 1. The van der Waals surface area contributed by atoms with Crippen molar-refractivity contribution in [2.24, 2.45) is 7.05 Å². The summed E-state index contributed by atoms with van der Waals surface area (Å²) >= 11 is 0. The molecule has 0 fully saturated rings. The monoisotopic (exact) mass is 289 g/mol. The Balaban J connectivity index is 2.04. The smallest absolute Gasteiger partial charge is 0.152 e. The highest BCUT2D eigenvalue weighted by Crippen LogP contribution is 2.31. The fraction of sp³-hybridized carbons (Fsp3) is 0.133. The summed E-state index contributed by atoms with van der Waals surface area (Å²) in [6, 6.07) is 5.81. The number of fused-ring (bicyclic) bond motifs is 1. The van der Waals surface area contributed by atoms with Gasteiger partial charge in [0, 0.05) is 24.7 Å². The van der Waals surface area contributed by atoms with E-state index in [1.54, 1.807) is 30.7 Å². The van der Waals surface area contributed by atoms with Crippen LogP contribution in [0.1, 0.15) is 5.56 Å². The lowest BCUT2D eigenvalue weighted by Crippen LogP contribution is -1.97. The first-order valence-electron chi connectivity index (χ1n) is 6.30. The van der Waals surface area contributed by atoms with Gasteiger partial charge in [0.1, 0.15) is 17.0 Å². The van der Waals surface area contributed by atoms with Crippen LogP contribution < -0.4 is 10.5 Å². The summed E-state index contributed by atoms with van der Waals surface area (Å²) in [6.45, 7) is 1.55. The van der Waals surface area contributed by atoms with Gasteiger partial charge >= 0.3 is 0 Å². The van der Waals surface area contributed by atoms with E-state index in [-0.39, 0.29) is 22.7 Å². The van der Waals surface area contributed by atoms with Crippen molar-refractivity contribution in [3.05, 3.63) is 47.8 Å². The summed E-state index contributed by atoms with van der Waals surface area (Å²) in [6.07, 6.45) is 1.52. The summed E-state index contributed by atoms with van der Waals surface area (Å²) in [5.41, 5.74) is 6.67. The van der Waals surface area contributed by atoms with Gasteiger partial charge in [-0.2, -0.15) is 0 Å². The Bertz CT molecular complexity index is 843. The van der Waals surface area contributed by atoms with Gasteiger partial charge in [-0.15, -0.1) is 0 Å². The molecule has 0 amide bonds. The van der Waals surface area contributed by atoms with Crippen molar-refractivity contribution in [3.8, 4) is 11.5 Å². The van der Waals surface area contributed by atoms with Crippen LogP contribution in [0.25, 0.3) is 11.0 Å².